The summed E-state index contributed by atoms with van der Waals surface area (Å²) in [6, 6.07) is 14.5. The predicted molar refractivity (Wildman–Crippen MR) is 117 cm³/mol. The van der Waals surface area contributed by atoms with Crippen molar-refractivity contribution in [1.82, 2.24) is 15.1 Å². The summed E-state index contributed by atoms with van der Waals surface area (Å²) in [5, 5.41) is 17.8. The van der Waals surface area contributed by atoms with Crippen molar-refractivity contribution < 1.29 is 19.4 Å². The molecule has 2 N–H and O–H groups in total. The van der Waals surface area contributed by atoms with Crippen LogP contribution >= 0.6 is 0 Å². The van der Waals surface area contributed by atoms with Gasteiger partial charge in [0.25, 0.3) is 5.91 Å². The van der Waals surface area contributed by atoms with Gasteiger partial charge in [-0.1, -0.05) is 31.2 Å². The number of methoxy groups -OCH3 is 1. The largest absolute Gasteiger partial charge is 0.507 e. The van der Waals surface area contributed by atoms with Crippen molar-refractivity contribution in [3.8, 4) is 22.8 Å². The van der Waals surface area contributed by atoms with Gasteiger partial charge < -0.3 is 19.5 Å². The van der Waals surface area contributed by atoms with E-state index in [-0.39, 0.29) is 17.7 Å². The highest BCUT2D eigenvalue weighted by atomic mass is 16.5. The molecule has 2 heterocycles. The zero-order valence-corrected chi connectivity index (χ0v) is 17.8. The van der Waals surface area contributed by atoms with E-state index in [4.69, 9.17) is 9.47 Å². The van der Waals surface area contributed by atoms with E-state index in [9.17, 15) is 9.90 Å². The minimum Gasteiger partial charge on any atom is -0.507 e. The summed E-state index contributed by atoms with van der Waals surface area (Å²) in [5.74, 6) is 0.788. The third-order valence-electron chi connectivity index (χ3n) is 5.42. The lowest BCUT2D eigenvalue weighted by Crippen LogP contribution is -2.31. The number of H-pyrrole nitrogens is 1. The predicted octanol–water partition coefficient (Wildman–Crippen LogP) is 4.15. The van der Waals surface area contributed by atoms with Crippen LogP contribution in [0, 0.1) is 0 Å². The molecule has 0 saturated carbocycles. The molecule has 1 aliphatic rings. The standard InChI is InChI=1S/C24H27N3O4/c1-3-13-31-17-9-6-8-16(15-17)23-20-21(18-10-4-5-11-19(18)28)25-26-22(20)24(29)27(23)12-7-14-30-2/h4-6,8-11,15,23,28H,3,7,12-14H2,1-2H3,(H,25,26)/t23-/m0/s1. The fourth-order valence-corrected chi connectivity index (χ4v) is 4.03. The van der Waals surface area contributed by atoms with Crippen LogP contribution in [0.25, 0.3) is 11.3 Å². The number of phenols is 1. The second kappa shape index (κ2) is 9.22. The van der Waals surface area contributed by atoms with Gasteiger partial charge >= 0.3 is 0 Å². The van der Waals surface area contributed by atoms with Crippen LogP contribution in [-0.2, 0) is 4.74 Å². The van der Waals surface area contributed by atoms with Crippen LogP contribution in [0.4, 0.5) is 0 Å². The molecule has 1 aliphatic heterocycles. The number of nitrogens with one attached hydrogen (secondary N) is 1. The Bertz CT molecular complexity index is 1060. The van der Waals surface area contributed by atoms with Gasteiger partial charge in [-0.3, -0.25) is 9.89 Å². The van der Waals surface area contributed by atoms with Gasteiger partial charge in [0.15, 0.2) is 0 Å². The first kappa shape index (κ1) is 20.9. The van der Waals surface area contributed by atoms with Gasteiger partial charge in [-0.15, -0.1) is 0 Å². The molecule has 0 radical (unpaired) electrons. The zero-order chi connectivity index (χ0) is 21.8. The lowest BCUT2D eigenvalue weighted by atomic mass is 9.95. The summed E-state index contributed by atoms with van der Waals surface area (Å²) >= 11 is 0. The highest BCUT2D eigenvalue weighted by Crippen LogP contribution is 2.44. The molecule has 0 aliphatic carbocycles. The molecule has 0 spiro atoms. The first-order chi connectivity index (χ1) is 15.2. The maximum atomic E-state index is 13.3. The minimum atomic E-state index is -0.335. The number of phenolic OH excluding ortho intramolecular Hbond substituents is 1. The second-order valence-corrected chi connectivity index (χ2v) is 7.55. The molecule has 4 rings (SSSR count). The Morgan fingerprint density at radius 2 is 2.00 bits per heavy atom. The van der Waals surface area contributed by atoms with Crippen LogP contribution in [0.1, 0.15) is 47.4 Å². The molecule has 1 aromatic heterocycles. The van der Waals surface area contributed by atoms with E-state index < -0.39 is 0 Å². The fraction of sp³-hybridized carbons (Fsp3) is 0.333. The molecular weight excluding hydrogens is 394 g/mol. The van der Waals surface area contributed by atoms with Crippen LogP contribution in [0.2, 0.25) is 0 Å². The topological polar surface area (TPSA) is 87.7 Å². The SMILES string of the molecule is CCCOc1cccc([C@H]2c3c(-c4ccccc4O)n[nH]c3C(=O)N2CCCOC)c1. The molecular formula is C24H27N3O4. The summed E-state index contributed by atoms with van der Waals surface area (Å²) in [6.07, 6.45) is 1.63. The lowest BCUT2D eigenvalue weighted by Gasteiger charge is -2.26. The number of carbonyl (C=O) groups is 1. The first-order valence-corrected chi connectivity index (χ1v) is 10.5. The number of hydrogen-bond donors (Lipinski definition) is 2. The molecule has 3 aromatic rings. The number of ether oxygens (including phenoxy) is 2. The average Bonchev–Trinajstić information content (AvgIpc) is 3.32. The average molecular weight is 421 g/mol. The van der Waals surface area contributed by atoms with Gasteiger partial charge in [0.2, 0.25) is 0 Å². The smallest absolute Gasteiger partial charge is 0.273 e. The molecule has 0 bridgehead atoms. The van der Waals surface area contributed by atoms with Gasteiger partial charge in [0.05, 0.1) is 12.6 Å². The van der Waals surface area contributed by atoms with Crippen LogP contribution in [0.5, 0.6) is 11.5 Å². The molecule has 0 unspecified atom stereocenters. The lowest BCUT2D eigenvalue weighted by molar-refractivity contribution is 0.0723. The van der Waals surface area contributed by atoms with Crippen LogP contribution in [0.3, 0.4) is 0 Å². The Balaban J connectivity index is 1.80. The number of nitrogens with zero attached hydrogens (tertiary/aromatic N) is 2. The van der Waals surface area contributed by atoms with E-state index in [0.29, 0.717) is 43.1 Å². The van der Waals surface area contributed by atoms with Crippen LogP contribution in [0.15, 0.2) is 48.5 Å². The van der Waals surface area contributed by atoms with Crippen LogP contribution in [-0.4, -0.2) is 53.0 Å². The van der Waals surface area contributed by atoms with Gasteiger partial charge in [-0.05, 0) is 42.7 Å². The molecule has 0 fully saturated rings. The second-order valence-electron chi connectivity index (χ2n) is 7.55. The Hall–Kier alpha value is -3.32. The Morgan fingerprint density at radius 1 is 1.16 bits per heavy atom. The molecule has 162 valence electrons. The van der Waals surface area contributed by atoms with Gasteiger partial charge in [0, 0.05) is 31.4 Å². The summed E-state index contributed by atoms with van der Waals surface area (Å²) in [4.78, 5) is 15.1. The van der Waals surface area contributed by atoms with E-state index in [0.717, 1.165) is 23.3 Å². The molecule has 1 amide bonds. The molecule has 7 heteroatoms. The Morgan fingerprint density at radius 3 is 2.77 bits per heavy atom. The highest BCUT2D eigenvalue weighted by molar-refractivity contribution is 6.00. The van der Waals surface area contributed by atoms with Crippen molar-refractivity contribution in [3.05, 3.63) is 65.4 Å². The minimum absolute atomic E-state index is 0.106. The summed E-state index contributed by atoms with van der Waals surface area (Å²) < 4.78 is 11.0. The summed E-state index contributed by atoms with van der Waals surface area (Å²) in [5.41, 5.74) is 3.35. The summed E-state index contributed by atoms with van der Waals surface area (Å²) in [6.45, 7) is 3.80. The maximum Gasteiger partial charge on any atom is 0.273 e. The molecule has 2 aromatic carbocycles. The Kier molecular flexibility index (Phi) is 6.23. The van der Waals surface area contributed by atoms with Crippen molar-refractivity contribution in [1.29, 1.82) is 0 Å². The number of benzene rings is 2. The number of amides is 1. The number of aromatic nitrogens is 2. The van der Waals surface area contributed by atoms with Crippen molar-refractivity contribution in [3.63, 3.8) is 0 Å². The highest BCUT2D eigenvalue weighted by Gasteiger charge is 2.42. The number of fused-ring (bicyclic) bond motifs is 1. The van der Waals surface area contributed by atoms with Gasteiger partial charge in [-0.25, -0.2) is 0 Å². The monoisotopic (exact) mass is 421 g/mol. The van der Waals surface area contributed by atoms with Gasteiger partial charge in [0.1, 0.15) is 22.9 Å². The maximum absolute atomic E-state index is 13.3. The van der Waals surface area contributed by atoms with E-state index in [1.54, 1.807) is 19.2 Å². The fourth-order valence-electron chi connectivity index (χ4n) is 4.03. The van der Waals surface area contributed by atoms with Crippen molar-refractivity contribution in [2.75, 3.05) is 26.9 Å². The normalized spacial score (nSPS) is 15.4. The molecule has 1 atom stereocenters. The van der Waals surface area contributed by atoms with Crippen LogP contribution < -0.4 is 4.74 Å². The number of aromatic amines is 1. The number of para-hydroxylation sites is 1. The van der Waals surface area contributed by atoms with E-state index in [1.807, 2.05) is 41.3 Å². The zero-order valence-electron chi connectivity index (χ0n) is 17.8. The van der Waals surface area contributed by atoms with Crippen molar-refractivity contribution >= 4 is 5.91 Å². The summed E-state index contributed by atoms with van der Waals surface area (Å²) in [7, 11) is 1.65. The number of aromatic hydroxyl groups is 1. The number of carbonyl (C=O) groups excluding carboxylic acids is 1. The quantitative estimate of drug-likeness (QED) is 0.507. The van der Waals surface area contributed by atoms with E-state index in [1.165, 1.54) is 0 Å². The third kappa shape index (κ3) is 4.01. The van der Waals surface area contributed by atoms with E-state index >= 15 is 0 Å². The Labute approximate surface area is 181 Å². The first-order valence-electron chi connectivity index (χ1n) is 10.5. The number of hydrogen-bond acceptors (Lipinski definition) is 5. The van der Waals surface area contributed by atoms with Crippen molar-refractivity contribution in [2.45, 2.75) is 25.8 Å². The third-order valence-corrected chi connectivity index (χ3v) is 5.42. The molecule has 7 nitrogen and oxygen atoms in total. The van der Waals surface area contributed by atoms with Crippen molar-refractivity contribution in [2.24, 2.45) is 0 Å². The van der Waals surface area contributed by atoms with Gasteiger partial charge in [-0.2, -0.15) is 5.10 Å². The molecule has 0 saturated heterocycles. The molecule has 31 heavy (non-hydrogen) atoms. The number of rotatable bonds is 9. The van der Waals surface area contributed by atoms with E-state index in [2.05, 4.69) is 17.1 Å².